The summed E-state index contributed by atoms with van der Waals surface area (Å²) in [5.41, 5.74) is 0. The second kappa shape index (κ2) is 24.0. The van der Waals surface area contributed by atoms with Gasteiger partial charge in [-0.2, -0.15) is 0 Å². The Kier molecular flexibility index (Phi) is 105. The van der Waals surface area contributed by atoms with E-state index >= 15 is 0 Å². The molecule has 0 aliphatic heterocycles. The molecule has 0 aliphatic rings. The molecule has 0 unspecified atom stereocenters. The van der Waals surface area contributed by atoms with Crippen molar-refractivity contribution < 1.29 is 65.0 Å². The fourth-order valence-electron chi connectivity index (χ4n) is 0. The summed E-state index contributed by atoms with van der Waals surface area (Å²) in [7, 11) is -3.13. The van der Waals surface area contributed by atoms with E-state index in [0.29, 0.717) is 0 Å². The molecule has 0 aliphatic carbocycles. The first-order chi connectivity index (χ1) is 1.73. The van der Waals surface area contributed by atoms with Gasteiger partial charge in [0.2, 0.25) is 0 Å². The van der Waals surface area contributed by atoms with Gasteiger partial charge in [-0.15, -0.1) is 0 Å². The fourth-order valence-corrected chi connectivity index (χ4v) is 0. The predicted molar refractivity (Wildman–Crippen MR) is 16.6 cm³/mol. The van der Waals surface area contributed by atoms with Gasteiger partial charge in [-0.3, -0.25) is 4.46 Å². The summed E-state index contributed by atoms with van der Waals surface area (Å²) in [5.74, 6) is 0. The van der Waals surface area contributed by atoms with E-state index in [2.05, 4.69) is 0 Å². The first-order valence-electron chi connectivity index (χ1n) is 0.651. The Hall–Kier alpha value is 1.23. The molecule has 0 heterocycles. The predicted octanol–water partition coefficient (Wildman–Crippen LogP) is -2.00. The maximum atomic E-state index is 8.74. The van der Waals surface area contributed by atoms with Gasteiger partial charge in [0.05, 0.1) is 0 Å². The average molecular weight is 255 g/mol. The van der Waals surface area contributed by atoms with E-state index in [9.17, 15) is 0 Å². The zero-order chi connectivity index (χ0) is 3.58. The summed E-state index contributed by atoms with van der Waals surface area (Å²) >= 11 is 0. The zero-order valence-electron chi connectivity index (χ0n) is 3.46. The van der Waals surface area contributed by atoms with Crippen LogP contribution in [0.2, 0.25) is 0 Å². The van der Waals surface area contributed by atoms with Crippen molar-refractivity contribution in [1.82, 2.24) is 0 Å². The van der Waals surface area contributed by atoms with E-state index in [-0.39, 0.29) is 59.3 Å². The second-order valence-electron chi connectivity index (χ2n) is 0.283. The molecule has 0 rings (SSSR count). The third-order valence-corrected chi connectivity index (χ3v) is 0. The molecule has 2 N–H and O–H groups in total. The van der Waals surface area contributed by atoms with Crippen LogP contribution in [0.25, 0.3) is 0 Å². The first kappa shape index (κ1) is 35.0. The molecule has 0 atom stereocenters. The molecular formula is H2BCrFeNiO3Si. The van der Waals surface area contributed by atoms with Crippen molar-refractivity contribution in [1.29, 1.82) is 0 Å². The van der Waals surface area contributed by atoms with E-state index in [1.807, 2.05) is 0 Å². The summed E-state index contributed by atoms with van der Waals surface area (Å²) in [6.07, 6.45) is 0. The van der Waals surface area contributed by atoms with Gasteiger partial charge in [-0.25, -0.2) is 0 Å². The summed E-state index contributed by atoms with van der Waals surface area (Å²) in [6.45, 7) is 0. The Labute approximate surface area is 82.3 Å². The van der Waals surface area contributed by atoms with Crippen LogP contribution in [0, 0.1) is 0 Å². The van der Waals surface area contributed by atoms with Gasteiger partial charge in [0.1, 0.15) is 0 Å². The molecule has 0 aromatic heterocycles. The summed E-state index contributed by atoms with van der Waals surface area (Å²) in [4.78, 5) is 14.3. The van der Waals surface area contributed by atoms with Crippen LogP contribution in [0.4, 0.5) is 0 Å². The topological polar surface area (TPSA) is 57.5 Å². The fraction of sp³-hybridized carbons (Fsp3) is 0. The molecule has 0 fully saturated rings. The SMILES string of the molecule is O=[Si](O)O.[B].[Cr].[Fe].[Ni]. The molecule has 0 bridgehead atoms. The van der Waals surface area contributed by atoms with Crippen LogP contribution in [-0.2, 0) is 55.4 Å². The molecular weight excluding hydrogens is 253 g/mol. The third kappa shape index (κ3) is 186. The minimum absolute atomic E-state index is 0. The van der Waals surface area contributed by atoms with Crippen LogP contribution >= 0.6 is 0 Å². The van der Waals surface area contributed by atoms with E-state index in [1.54, 1.807) is 0 Å². The van der Waals surface area contributed by atoms with Crippen molar-refractivity contribution in [3.63, 3.8) is 0 Å². The molecule has 0 spiro atoms. The minimum Gasteiger partial charge on any atom is -0.511 e. The molecule has 3 radical (unpaired) electrons. The van der Waals surface area contributed by atoms with Gasteiger partial charge in [-0.1, -0.05) is 0 Å². The van der Waals surface area contributed by atoms with Crippen LogP contribution in [0.5, 0.6) is 0 Å². The monoisotopic (exact) mass is 255 g/mol. The third-order valence-electron chi connectivity index (χ3n) is 0. The van der Waals surface area contributed by atoms with Gasteiger partial charge in [-0.05, 0) is 0 Å². The van der Waals surface area contributed by atoms with Crippen molar-refractivity contribution in [3.8, 4) is 0 Å². The Balaban J connectivity index is -0.00000000750. The van der Waals surface area contributed by atoms with Crippen molar-refractivity contribution in [2.45, 2.75) is 0 Å². The average Bonchev–Trinajstić information content (AvgIpc) is 0.811. The van der Waals surface area contributed by atoms with Crippen molar-refractivity contribution in [2.75, 3.05) is 0 Å². The van der Waals surface area contributed by atoms with Crippen molar-refractivity contribution >= 4 is 17.6 Å². The molecule has 0 saturated carbocycles. The first-order valence-corrected chi connectivity index (χ1v) is 1.95. The summed E-state index contributed by atoms with van der Waals surface area (Å²) < 4.78 is 8.74. The van der Waals surface area contributed by atoms with Crippen molar-refractivity contribution in [3.05, 3.63) is 0 Å². The smallest absolute Gasteiger partial charge is 0.511 e. The van der Waals surface area contributed by atoms with E-state index in [1.165, 1.54) is 0 Å². The van der Waals surface area contributed by atoms with Crippen LogP contribution in [0.1, 0.15) is 0 Å². The molecule has 0 aromatic rings. The van der Waals surface area contributed by atoms with Crippen LogP contribution in [0.15, 0.2) is 0 Å². The quantitative estimate of drug-likeness (QED) is 0.492. The molecule has 51 valence electrons. The Morgan fingerprint density at radius 1 is 1.25 bits per heavy atom. The van der Waals surface area contributed by atoms with Crippen LogP contribution < -0.4 is 0 Å². The number of hydrogen-bond acceptors (Lipinski definition) is 1. The number of rotatable bonds is 0. The maximum absolute atomic E-state index is 8.74. The van der Waals surface area contributed by atoms with Crippen LogP contribution in [-0.4, -0.2) is 27.2 Å². The molecule has 0 aromatic carbocycles. The molecule has 0 amide bonds. The summed E-state index contributed by atoms with van der Waals surface area (Å²) in [5, 5.41) is 0. The Morgan fingerprint density at radius 3 is 1.25 bits per heavy atom. The largest absolute Gasteiger partial charge is 0.761 e. The van der Waals surface area contributed by atoms with Gasteiger partial charge in [0.15, 0.2) is 0 Å². The zero-order valence-corrected chi connectivity index (χ0v) is 7.82. The maximum Gasteiger partial charge on any atom is 0.761 e. The van der Waals surface area contributed by atoms with Gasteiger partial charge < -0.3 is 9.59 Å². The van der Waals surface area contributed by atoms with Gasteiger partial charge in [0, 0.05) is 59.3 Å². The standard InChI is InChI=1S/B.Cr.Fe.Ni.H2O3Si/c;;;;1-4(2)3/h;;;;1-2H. The second-order valence-corrected chi connectivity index (χ2v) is 0.848. The minimum atomic E-state index is -3.13. The number of hydrogen-bond donors (Lipinski definition) is 2. The Bertz CT molecular complexity index is 42.3. The molecule has 0 saturated heterocycles. The molecule has 3 nitrogen and oxygen atoms in total. The van der Waals surface area contributed by atoms with E-state index < -0.39 is 9.17 Å². The normalized spacial score (nSPS) is 3.00. The van der Waals surface area contributed by atoms with Crippen molar-refractivity contribution in [2.24, 2.45) is 0 Å². The summed E-state index contributed by atoms with van der Waals surface area (Å²) in [6, 6.07) is 0. The van der Waals surface area contributed by atoms with E-state index in [4.69, 9.17) is 14.1 Å². The molecule has 8 heavy (non-hydrogen) atoms. The van der Waals surface area contributed by atoms with Gasteiger partial charge in [0.25, 0.3) is 0 Å². The molecule has 8 heteroatoms. The van der Waals surface area contributed by atoms with Gasteiger partial charge >= 0.3 is 9.17 Å². The van der Waals surface area contributed by atoms with E-state index in [0.717, 1.165) is 0 Å². The Morgan fingerprint density at radius 2 is 1.25 bits per heavy atom. The van der Waals surface area contributed by atoms with Crippen LogP contribution in [0.3, 0.4) is 0 Å².